The van der Waals surface area contributed by atoms with Gasteiger partial charge >= 0.3 is 0 Å². The van der Waals surface area contributed by atoms with Gasteiger partial charge in [-0.15, -0.1) is 0 Å². The zero-order valence-corrected chi connectivity index (χ0v) is 15.5. The van der Waals surface area contributed by atoms with Gasteiger partial charge in [-0.2, -0.15) is 0 Å². The molecule has 3 amide bonds. The molecule has 5 nitrogen and oxygen atoms in total. The highest BCUT2D eigenvalue weighted by Gasteiger charge is 2.35. The average Bonchev–Trinajstić information content (AvgIpc) is 2.86. The minimum atomic E-state index is -0.465. The number of anilines is 1. The smallest absolute Gasteiger partial charge is 0.261 e. The Morgan fingerprint density at radius 2 is 1.78 bits per heavy atom. The van der Waals surface area contributed by atoms with Gasteiger partial charge < -0.3 is 5.32 Å². The molecule has 0 bridgehead atoms. The number of nitrogens with zero attached hydrogens (tertiary/aromatic N) is 1. The minimum absolute atomic E-state index is 0.229. The molecule has 27 heavy (non-hydrogen) atoms. The van der Waals surface area contributed by atoms with Gasteiger partial charge in [0.2, 0.25) is 0 Å². The van der Waals surface area contributed by atoms with Crippen molar-refractivity contribution < 1.29 is 18.8 Å². The summed E-state index contributed by atoms with van der Waals surface area (Å²) in [6.45, 7) is 6.16. The number of halogens is 1. The lowest BCUT2D eigenvalue weighted by molar-refractivity contribution is 0.0647. The Morgan fingerprint density at radius 3 is 2.48 bits per heavy atom. The van der Waals surface area contributed by atoms with Crippen LogP contribution in [0.4, 0.5) is 10.1 Å². The molecule has 0 unspecified atom stereocenters. The predicted molar refractivity (Wildman–Crippen MR) is 100 cm³/mol. The highest BCUT2D eigenvalue weighted by molar-refractivity contribution is 6.22. The Morgan fingerprint density at radius 1 is 1.07 bits per heavy atom. The van der Waals surface area contributed by atoms with Crippen molar-refractivity contribution in [2.24, 2.45) is 5.92 Å². The topological polar surface area (TPSA) is 66.5 Å². The molecule has 0 saturated carbocycles. The number of fused-ring (bicyclic) bond motifs is 1. The van der Waals surface area contributed by atoms with Crippen molar-refractivity contribution >= 4 is 23.4 Å². The van der Waals surface area contributed by atoms with Crippen LogP contribution in [0.1, 0.15) is 56.9 Å². The van der Waals surface area contributed by atoms with Crippen LogP contribution in [-0.2, 0) is 0 Å². The van der Waals surface area contributed by atoms with Crippen LogP contribution in [0.15, 0.2) is 36.4 Å². The number of aryl methyl sites for hydroxylation is 1. The zero-order valence-electron chi connectivity index (χ0n) is 15.5. The summed E-state index contributed by atoms with van der Waals surface area (Å²) in [5, 5.41) is 2.65. The number of rotatable bonds is 5. The Kier molecular flexibility index (Phi) is 5.08. The molecular formula is C21H21FN2O3. The van der Waals surface area contributed by atoms with Crippen LogP contribution in [0.25, 0.3) is 0 Å². The van der Waals surface area contributed by atoms with E-state index in [9.17, 15) is 18.8 Å². The number of amides is 3. The first-order valence-corrected chi connectivity index (χ1v) is 8.85. The highest BCUT2D eigenvalue weighted by atomic mass is 19.1. The molecule has 0 radical (unpaired) electrons. The SMILES string of the molecule is Cc1ccc(F)cc1NC(=O)c1ccc2c(c1)C(=O)N(CCC(C)C)C2=O. The zero-order chi connectivity index (χ0) is 19.7. The summed E-state index contributed by atoms with van der Waals surface area (Å²) < 4.78 is 13.4. The van der Waals surface area contributed by atoms with Crippen LogP contribution < -0.4 is 5.32 Å². The Hall–Kier alpha value is -3.02. The second kappa shape index (κ2) is 7.31. The maximum Gasteiger partial charge on any atom is 0.261 e. The van der Waals surface area contributed by atoms with E-state index in [1.54, 1.807) is 13.0 Å². The number of carbonyl (C=O) groups excluding carboxylic acids is 3. The molecule has 0 aliphatic carbocycles. The van der Waals surface area contributed by atoms with E-state index in [-0.39, 0.29) is 22.9 Å². The second-order valence-corrected chi connectivity index (χ2v) is 7.12. The van der Waals surface area contributed by atoms with Crippen molar-refractivity contribution in [1.29, 1.82) is 0 Å². The van der Waals surface area contributed by atoms with E-state index in [4.69, 9.17) is 0 Å². The maximum absolute atomic E-state index is 13.4. The van der Waals surface area contributed by atoms with Crippen molar-refractivity contribution in [2.75, 3.05) is 11.9 Å². The Labute approximate surface area is 157 Å². The van der Waals surface area contributed by atoms with E-state index < -0.39 is 11.7 Å². The Bertz CT molecular complexity index is 937. The van der Waals surface area contributed by atoms with E-state index in [1.807, 2.05) is 13.8 Å². The van der Waals surface area contributed by atoms with E-state index in [2.05, 4.69) is 5.32 Å². The summed E-state index contributed by atoms with van der Waals surface area (Å²) in [7, 11) is 0. The van der Waals surface area contributed by atoms with E-state index in [0.29, 0.717) is 23.7 Å². The standard InChI is InChI=1S/C21H21FN2O3/c1-12(2)8-9-24-20(26)16-7-5-14(10-17(16)21(24)27)19(25)23-18-11-15(22)6-4-13(18)3/h4-7,10-12H,8-9H2,1-3H3,(H,23,25). The molecular weight excluding hydrogens is 347 g/mol. The third-order valence-corrected chi connectivity index (χ3v) is 4.61. The van der Waals surface area contributed by atoms with Crippen LogP contribution >= 0.6 is 0 Å². The number of hydrogen-bond acceptors (Lipinski definition) is 3. The number of imide groups is 1. The van der Waals surface area contributed by atoms with Crippen molar-refractivity contribution in [3.05, 3.63) is 64.5 Å². The molecule has 1 heterocycles. The summed E-state index contributed by atoms with van der Waals surface area (Å²) >= 11 is 0. The Balaban J connectivity index is 1.83. The van der Waals surface area contributed by atoms with Crippen LogP contribution in [0.3, 0.4) is 0 Å². The number of nitrogens with one attached hydrogen (secondary N) is 1. The molecule has 0 fully saturated rings. The fourth-order valence-electron chi connectivity index (χ4n) is 2.95. The minimum Gasteiger partial charge on any atom is -0.322 e. The van der Waals surface area contributed by atoms with Gasteiger partial charge in [-0.1, -0.05) is 19.9 Å². The fraction of sp³-hybridized carbons (Fsp3) is 0.286. The van der Waals surface area contributed by atoms with E-state index in [0.717, 1.165) is 12.0 Å². The van der Waals surface area contributed by atoms with Gasteiger partial charge in [0.25, 0.3) is 17.7 Å². The molecule has 140 valence electrons. The van der Waals surface area contributed by atoms with Gasteiger partial charge in [0.05, 0.1) is 11.1 Å². The third-order valence-electron chi connectivity index (χ3n) is 4.61. The fourth-order valence-corrected chi connectivity index (χ4v) is 2.95. The van der Waals surface area contributed by atoms with Gasteiger partial charge in [0.1, 0.15) is 5.82 Å². The van der Waals surface area contributed by atoms with Gasteiger partial charge in [-0.05, 0) is 55.2 Å². The molecule has 1 aliphatic heterocycles. The summed E-state index contributed by atoms with van der Waals surface area (Å²) in [6.07, 6.45) is 0.720. The molecule has 0 saturated heterocycles. The predicted octanol–water partition coefficient (Wildman–Crippen LogP) is 4.03. The van der Waals surface area contributed by atoms with Crippen LogP contribution in [0, 0.1) is 18.7 Å². The lowest BCUT2D eigenvalue weighted by atomic mass is 10.0. The summed E-state index contributed by atoms with van der Waals surface area (Å²) in [5.41, 5.74) is 1.86. The highest BCUT2D eigenvalue weighted by Crippen LogP contribution is 2.25. The maximum atomic E-state index is 13.4. The van der Waals surface area contributed by atoms with Gasteiger partial charge in [-0.25, -0.2) is 4.39 Å². The molecule has 0 spiro atoms. The van der Waals surface area contributed by atoms with Gasteiger partial charge in [-0.3, -0.25) is 19.3 Å². The molecule has 1 aliphatic rings. The number of benzene rings is 2. The van der Waals surface area contributed by atoms with Gasteiger partial charge in [0, 0.05) is 17.8 Å². The molecule has 6 heteroatoms. The van der Waals surface area contributed by atoms with Crippen molar-refractivity contribution in [3.8, 4) is 0 Å². The molecule has 0 atom stereocenters. The molecule has 2 aromatic carbocycles. The lowest BCUT2D eigenvalue weighted by Crippen LogP contribution is -2.31. The normalized spacial score (nSPS) is 13.3. The summed E-state index contributed by atoms with van der Waals surface area (Å²) in [5.74, 6) is -1.26. The van der Waals surface area contributed by atoms with E-state index in [1.165, 1.54) is 35.2 Å². The molecule has 0 aromatic heterocycles. The number of hydrogen-bond donors (Lipinski definition) is 1. The third kappa shape index (κ3) is 3.74. The van der Waals surface area contributed by atoms with Crippen molar-refractivity contribution in [1.82, 2.24) is 4.90 Å². The lowest BCUT2D eigenvalue weighted by Gasteiger charge is -2.14. The van der Waals surface area contributed by atoms with Crippen molar-refractivity contribution in [2.45, 2.75) is 27.2 Å². The first-order valence-electron chi connectivity index (χ1n) is 8.85. The molecule has 3 rings (SSSR count). The molecule has 2 aromatic rings. The monoisotopic (exact) mass is 368 g/mol. The second-order valence-electron chi connectivity index (χ2n) is 7.12. The van der Waals surface area contributed by atoms with Crippen molar-refractivity contribution in [3.63, 3.8) is 0 Å². The van der Waals surface area contributed by atoms with Crippen LogP contribution in [0.2, 0.25) is 0 Å². The largest absolute Gasteiger partial charge is 0.322 e. The van der Waals surface area contributed by atoms with Gasteiger partial charge in [0.15, 0.2) is 0 Å². The first kappa shape index (κ1) is 18.8. The molecule has 1 N–H and O–H groups in total. The quantitative estimate of drug-likeness (QED) is 0.811. The summed E-state index contributed by atoms with van der Waals surface area (Å²) in [4.78, 5) is 38.8. The number of carbonyl (C=O) groups is 3. The average molecular weight is 368 g/mol. The van der Waals surface area contributed by atoms with Crippen LogP contribution in [-0.4, -0.2) is 29.2 Å². The first-order chi connectivity index (χ1) is 12.8. The van der Waals surface area contributed by atoms with E-state index >= 15 is 0 Å². The van der Waals surface area contributed by atoms with Crippen LogP contribution in [0.5, 0.6) is 0 Å². The summed E-state index contributed by atoms with van der Waals surface area (Å²) in [6, 6.07) is 8.55.